The molecule has 0 fully saturated rings. The van der Waals surface area contributed by atoms with E-state index in [1.807, 2.05) is 79.7 Å². The van der Waals surface area contributed by atoms with Crippen LogP contribution in [0.4, 0.5) is 17.1 Å². The third-order valence-corrected chi connectivity index (χ3v) is 7.79. The summed E-state index contributed by atoms with van der Waals surface area (Å²) in [6.07, 6.45) is -0.118. The number of aliphatic imine (C=N–C) groups is 2. The standard InChI is InChI=1S/C30H28N6O5S/c1-35(2)20-10-8-19(9-11-20)32-27(38)16-42-30-34-22-6-4-3-5-21(22)28-33-23(29(39)36(28)30)14-26(37)31-15-18-7-12-24-25(13-18)41-17-40-24/h3-13,23H,14-17H2,1-2H3,(H,31,37)(H,32,38)/t23-/m1/s1. The molecule has 3 aromatic rings. The molecule has 3 aromatic carbocycles. The van der Waals surface area contributed by atoms with Crippen molar-refractivity contribution >= 4 is 57.5 Å². The molecule has 214 valence electrons. The second-order valence-electron chi connectivity index (χ2n) is 10.0. The Kier molecular flexibility index (Phi) is 7.53. The first-order valence-electron chi connectivity index (χ1n) is 13.3. The molecule has 6 rings (SSSR count). The molecule has 0 radical (unpaired) electrons. The molecule has 2 N–H and O–H groups in total. The van der Waals surface area contributed by atoms with Crippen LogP contribution in [0, 0.1) is 0 Å². The first kappa shape index (κ1) is 27.3. The van der Waals surface area contributed by atoms with Crippen molar-refractivity contribution in [3.63, 3.8) is 0 Å². The quantitative estimate of drug-likeness (QED) is 0.415. The van der Waals surface area contributed by atoms with Crippen molar-refractivity contribution in [3.8, 4) is 11.5 Å². The lowest BCUT2D eigenvalue weighted by molar-refractivity contribution is -0.128. The fourth-order valence-electron chi connectivity index (χ4n) is 4.70. The number of amidine groups is 2. The van der Waals surface area contributed by atoms with Gasteiger partial charge in [-0.1, -0.05) is 30.0 Å². The van der Waals surface area contributed by atoms with Gasteiger partial charge in [0.2, 0.25) is 18.6 Å². The summed E-state index contributed by atoms with van der Waals surface area (Å²) in [5, 5.41) is 6.08. The first-order valence-corrected chi connectivity index (χ1v) is 14.3. The highest BCUT2D eigenvalue weighted by molar-refractivity contribution is 8.14. The molecule has 0 saturated carbocycles. The van der Waals surface area contributed by atoms with Gasteiger partial charge in [-0.25, -0.2) is 9.89 Å². The largest absolute Gasteiger partial charge is 0.454 e. The number of ether oxygens (including phenoxy) is 2. The summed E-state index contributed by atoms with van der Waals surface area (Å²) >= 11 is 1.15. The van der Waals surface area contributed by atoms with Crippen LogP contribution >= 0.6 is 11.8 Å². The molecule has 0 bridgehead atoms. The van der Waals surface area contributed by atoms with Crippen LogP contribution in [0.5, 0.6) is 11.5 Å². The van der Waals surface area contributed by atoms with Gasteiger partial charge in [0.15, 0.2) is 16.7 Å². The summed E-state index contributed by atoms with van der Waals surface area (Å²) in [6, 6.07) is 19.4. The van der Waals surface area contributed by atoms with E-state index in [2.05, 4.69) is 20.6 Å². The highest BCUT2D eigenvalue weighted by Crippen LogP contribution is 2.35. The fourth-order valence-corrected chi connectivity index (χ4v) is 5.50. The van der Waals surface area contributed by atoms with Crippen molar-refractivity contribution in [1.29, 1.82) is 0 Å². The summed E-state index contributed by atoms with van der Waals surface area (Å²) in [6.45, 7) is 0.447. The van der Waals surface area contributed by atoms with Crippen molar-refractivity contribution in [2.75, 3.05) is 36.9 Å². The summed E-state index contributed by atoms with van der Waals surface area (Å²) in [5.41, 5.74) is 3.89. The summed E-state index contributed by atoms with van der Waals surface area (Å²) in [5.74, 6) is 0.868. The van der Waals surface area contributed by atoms with Crippen molar-refractivity contribution in [2.45, 2.75) is 19.0 Å². The lowest BCUT2D eigenvalue weighted by atomic mass is 10.1. The molecule has 3 aliphatic heterocycles. The van der Waals surface area contributed by atoms with Crippen LogP contribution in [-0.4, -0.2) is 66.3 Å². The Morgan fingerprint density at radius 1 is 1.02 bits per heavy atom. The van der Waals surface area contributed by atoms with Crippen LogP contribution < -0.4 is 25.0 Å². The molecule has 0 aromatic heterocycles. The van der Waals surface area contributed by atoms with Crippen LogP contribution in [0.2, 0.25) is 0 Å². The molecule has 0 saturated heterocycles. The van der Waals surface area contributed by atoms with Gasteiger partial charge >= 0.3 is 0 Å². The summed E-state index contributed by atoms with van der Waals surface area (Å²) < 4.78 is 10.7. The Bertz CT molecular complexity index is 1620. The zero-order chi connectivity index (χ0) is 29.2. The van der Waals surface area contributed by atoms with Gasteiger partial charge in [0.25, 0.3) is 5.91 Å². The number of hydrogen-bond acceptors (Lipinski definition) is 9. The molecule has 0 spiro atoms. The SMILES string of the molecule is CN(C)c1ccc(NC(=O)CSC2=Nc3ccccc3C3=N[C@H](CC(=O)NCc4ccc5c(c4)OCO5)C(=O)N23)cc1. The van der Waals surface area contributed by atoms with E-state index >= 15 is 0 Å². The lowest BCUT2D eigenvalue weighted by Gasteiger charge is -2.25. The molecule has 3 heterocycles. The van der Waals surface area contributed by atoms with Gasteiger partial charge < -0.3 is 25.0 Å². The molecule has 11 nitrogen and oxygen atoms in total. The van der Waals surface area contributed by atoms with Gasteiger partial charge in [-0.15, -0.1) is 0 Å². The van der Waals surface area contributed by atoms with Crippen LogP contribution in [0.15, 0.2) is 76.7 Å². The number of para-hydroxylation sites is 1. The molecule has 0 unspecified atom stereocenters. The van der Waals surface area contributed by atoms with E-state index in [-0.39, 0.29) is 43.2 Å². The van der Waals surface area contributed by atoms with Crippen LogP contribution in [0.3, 0.4) is 0 Å². The monoisotopic (exact) mass is 584 g/mol. The van der Waals surface area contributed by atoms with Gasteiger partial charge in [0.05, 0.1) is 17.9 Å². The molecule has 12 heteroatoms. The number of carbonyl (C=O) groups is 3. The summed E-state index contributed by atoms with van der Waals surface area (Å²) in [7, 11) is 3.89. The minimum Gasteiger partial charge on any atom is -0.454 e. The molecular weight excluding hydrogens is 556 g/mol. The van der Waals surface area contributed by atoms with E-state index in [1.165, 1.54) is 4.90 Å². The van der Waals surface area contributed by atoms with Crippen molar-refractivity contribution < 1.29 is 23.9 Å². The van der Waals surface area contributed by atoms with Gasteiger partial charge in [0.1, 0.15) is 11.9 Å². The van der Waals surface area contributed by atoms with E-state index in [0.717, 1.165) is 23.0 Å². The second-order valence-corrected chi connectivity index (χ2v) is 10.9. The molecule has 3 amide bonds. The maximum atomic E-state index is 13.5. The number of carbonyl (C=O) groups excluding carboxylic acids is 3. The first-order chi connectivity index (χ1) is 20.4. The van der Waals surface area contributed by atoms with Crippen LogP contribution in [0.25, 0.3) is 0 Å². The molecule has 1 atom stereocenters. The Morgan fingerprint density at radius 2 is 1.81 bits per heavy atom. The van der Waals surface area contributed by atoms with E-state index in [0.29, 0.717) is 39.4 Å². The molecule has 0 aliphatic carbocycles. The normalized spacial score (nSPS) is 16.3. The number of thioether (sulfide) groups is 1. The van der Waals surface area contributed by atoms with Gasteiger partial charge in [-0.3, -0.25) is 19.4 Å². The predicted octanol–water partition coefficient (Wildman–Crippen LogP) is 3.52. The third kappa shape index (κ3) is 5.66. The number of nitrogens with zero attached hydrogens (tertiary/aromatic N) is 4. The minimum absolute atomic E-state index is 0.0359. The maximum absolute atomic E-state index is 13.5. The number of rotatable bonds is 8. The summed E-state index contributed by atoms with van der Waals surface area (Å²) in [4.78, 5) is 51.8. The average Bonchev–Trinajstić information content (AvgIpc) is 3.59. The number of fused-ring (bicyclic) bond motifs is 4. The van der Waals surface area contributed by atoms with E-state index < -0.39 is 6.04 Å². The fraction of sp³-hybridized carbons (Fsp3) is 0.233. The molecule has 3 aliphatic rings. The topological polar surface area (TPSA) is 125 Å². The van der Waals surface area contributed by atoms with Gasteiger partial charge in [0, 0.05) is 37.6 Å². The Hall–Kier alpha value is -4.84. The Morgan fingerprint density at radius 3 is 2.62 bits per heavy atom. The number of amides is 3. The van der Waals surface area contributed by atoms with Crippen molar-refractivity contribution in [1.82, 2.24) is 10.2 Å². The molecule has 42 heavy (non-hydrogen) atoms. The van der Waals surface area contributed by atoms with Gasteiger partial charge in [-0.05, 0) is 54.1 Å². The number of anilines is 2. The Labute approximate surface area is 246 Å². The smallest absolute Gasteiger partial charge is 0.259 e. The van der Waals surface area contributed by atoms with E-state index in [9.17, 15) is 14.4 Å². The van der Waals surface area contributed by atoms with Crippen LogP contribution in [0.1, 0.15) is 17.5 Å². The average molecular weight is 585 g/mol. The van der Waals surface area contributed by atoms with E-state index in [4.69, 9.17) is 9.47 Å². The third-order valence-electron chi connectivity index (χ3n) is 6.85. The number of nitrogens with one attached hydrogen (secondary N) is 2. The highest BCUT2D eigenvalue weighted by atomic mass is 32.2. The number of hydrogen-bond donors (Lipinski definition) is 2. The Balaban J connectivity index is 1.11. The van der Waals surface area contributed by atoms with Crippen molar-refractivity contribution in [2.24, 2.45) is 9.98 Å². The number of benzene rings is 3. The minimum atomic E-state index is -0.905. The highest BCUT2D eigenvalue weighted by Gasteiger charge is 2.42. The zero-order valence-corrected chi connectivity index (χ0v) is 23.8. The molecular formula is C30H28N6O5S. The van der Waals surface area contributed by atoms with Crippen molar-refractivity contribution in [3.05, 3.63) is 77.9 Å². The maximum Gasteiger partial charge on any atom is 0.259 e. The lowest BCUT2D eigenvalue weighted by Crippen LogP contribution is -2.42. The predicted molar refractivity (Wildman–Crippen MR) is 162 cm³/mol. The van der Waals surface area contributed by atoms with Crippen LogP contribution in [-0.2, 0) is 20.9 Å². The van der Waals surface area contributed by atoms with Gasteiger partial charge in [-0.2, -0.15) is 0 Å². The van der Waals surface area contributed by atoms with E-state index in [1.54, 1.807) is 6.07 Å². The second kappa shape index (κ2) is 11.6. The zero-order valence-electron chi connectivity index (χ0n) is 23.0.